The van der Waals surface area contributed by atoms with Gasteiger partial charge in [0.05, 0.1) is 16.2 Å². The molecule has 0 saturated carbocycles. The minimum Gasteiger partial charge on any atom is -0.367 e. The molecule has 0 amide bonds. The normalized spacial score (nSPS) is 15.5. The van der Waals surface area contributed by atoms with Gasteiger partial charge in [0, 0.05) is 37.8 Å². The van der Waals surface area contributed by atoms with Crippen molar-refractivity contribution in [2.45, 2.75) is 0 Å². The lowest BCUT2D eigenvalue weighted by Crippen LogP contribution is -2.43. The standard InChI is InChI=1S/C13H14ClN3.ClH/c14-11-9-16-12-4-2-1-3-10(12)13(11)17-7-5-15-6-8-17;/h1-4,9,15H,5-8H2;1H. The fourth-order valence-electron chi connectivity index (χ4n) is 2.31. The van der Waals surface area contributed by atoms with E-state index in [1.54, 1.807) is 6.20 Å². The Morgan fingerprint density at radius 1 is 1.17 bits per heavy atom. The van der Waals surface area contributed by atoms with Crippen molar-refractivity contribution in [2.75, 3.05) is 31.1 Å². The van der Waals surface area contributed by atoms with Crippen LogP contribution in [0.5, 0.6) is 0 Å². The van der Waals surface area contributed by atoms with Crippen molar-refractivity contribution < 1.29 is 0 Å². The van der Waals surface area contributed by atoms with Gasteiger partial charge in [0.15, 0.2) is 0 Å². The summed E-state index contributed by atoms with van der Waals surface area (Å²) in [5.74, 6) is 0. The molecule has 1 aliphatic rings. The molecule has 0 spiro atoms. The van der Waals surface area contributed by atoms with E-state index >= 15 is 0 Å². The minimum atomic E-state index is 0. The number of halogens is 2. The van der Waals surface area contributed by atoms with E-state index in [2.05, 4.69) is 21.3 Å². The molecule has 0 atom stereocenters. The highest BCUT2D eigenvalue weighted by Crippen LogP contribution is 2.32. The molecule has 96 valence electrons. The molecule has 0 unspecified atom stereocenters. The van der Waals surface area contributed by atoms with Crippen molar-refractivity contribution >= 4 is 40.6 Å². The summed E-state index contributed by atoms with van der Waals surface area (Å²) in [7, 11) is 0. The monoisotopic (exact) mass is 283 g/mol. The van der Waals surface area contributed by atoms with E-state index in [1.165, 1.54) is 0 Å². The predicted octanol–water partition coefficient (Wildman–Crippen LogP) is 2.72. The Balaban J connectivity index is 0.00000120. The highest BCUT2D eigenvalue weighted by atomic mass is 35.5. The number of aromatic nitrogens is 1. The zero-order valence-corrected chi connectivity index (χ0v) is 11.5. The van der Waals surface area contributed by atoms with E-state index in [1.807, 2.05) is 18.2 Å². The summed E-state index contributed by atoms with van der Waals surface area (Å²) in [6, 6.07) is 8.15. The summed E-state index contributed by atoms with van der Waals surface area (Å²) < 4.78 is 0. The van der Waals surface area contributed by atoms with Gasteiger partial charge in [-0.1, -0.05) is 29.8 Å². The van der Waals surface area contributed by atoms with Gasteiger partial charge < -0.3 is 10.2 Å². The number of benzene rings is 1. The van der Waals surface area contributed by atoms with E-state index < -0.39 is 0 Å². The first kappa shape index (κ1) is 13.4. The first-order chi connectivity index (χ1) is 8.36. The third-order valence-corrected chi connectivity index (χ3v) is 3.41. The Labute approximate surface area is 118 Å². The van der Waals surface area contributed by atoms with Crippen LogP contribution in [0.25, 0.3) is 10.9 Å². The molecule has 2 heterocycles. The van der Waals surface area contributed by atoms with Gasteiger partial charge in [-0.15, -0.1) is 12.4 Å². The lowest BCUT2D eigenvalue weighted by Gasteiger charge is -2.31. The second kappa shape index (κ2) is 5.74. The molecule has 0 aliphatic carbocycles. The number of fused-ring (bicyclic) bond motifs is 1. The van der Waals surface area contributed by atoms with Crippen molar-refractivity contribution in [3.63, 3.8) is 0 Å². The van der Waals surface area contributed by atoms with Crippen molar-refractivity contribution in [2.24, 2.45) is 0 Å². The maximum atomic E-state index is 6.31. The van der Waals surface area contributed by atoms with Crippen LogP contribution in [0.2, 0.25) is 5.02 Å². The molecule has 3 rings (SSSR count). The second-order valence-electron chi connectivity index (χ2n) is 4.21. The largest absolute Gasteiger partial charge is 0.367 e. The summed E-state index contributed by atoms with van der Waals surface area (Å²) >= 11 is 6.31. The molecule has 3 nitrogen and oxygen atoms in total. The molecule has 1 saturated heterocycles. The van der Waals surface area contributed by atoms with Gasteiger partial charge in [0.1, 0.15) is 0 Å². The number of nitrogens with zero attached hydrogens (tertiary/aromatic N) is 2. The fourth-order valence-corrected chi connectivity index (χ4v) is 2.58. The smallest absolute Gasteiger partial charge is 0.0829 e. The zero-order chi connectivity index (χ0) is 11.7. The number of anilines is 1. The number of nitrogens with one attached hydrogen (secondary N) is 1. The van der Waals surface area contributed by atoms with Crippen LogP contribution in [0.15, 0.2) is 30.5 Å². The second-order valence-corrected chi connectivity index (χ2v) is 4.62. The van der Waals surface area contributed by atoms with Crippen LogP contribution in [-0.2, 0) is 0 Å². The molecule has 2 aromatic rings. The molecular weight excluding hydrogens is 269 g/mol. The van der Waals surface area contributed by atoms with E-state index in [9.17, 15) is 0 Å². The molecule has 0 radical (unpaired) electrons. The van der Waals surface area contributed by atoms with Crippen molar-refractivity contribution in [3.05, 3.63) is 35.5 Å². The SMILES string of the molecule is Cl.Clc1cnc2ccccc2c1N1CCNCC1. The summed E-state index contributed by atoms with van der Waals surface area (Å²) in [4.78, 5) is 6.70. The van der Waals surface area contributed by atoms with E-state index in [0.717, 1.165) is 47.8 Å². The third kappa shape index (κ3) is 2.39. The average Bonchev–Trinajstić information content (AvgIpc) is 2.39. The van der Waals surface area contributed by atoms with Crippen LogP contribution in [0.3, 0.4) is 0 Å². The van der Waals surface area contributed by atoms with Crippen LogP contribution in [0.4, 0.5) is 5.69 Å². The van der Waals surface area contributed by atoms with Crippen molar-refractivity contribution in [1.29, 1.82) is 0 Å². The van der Waals surface area contributed by atoms with Gasteiger partial charge in [-0.05, 0) is 6.07 Å². The Kier molecular flexibility index (Phi) is 4.27. The molecule has 1 aromatic carbocycles. The Morgan fingerprint density at radius 3 is 2.67 bits per heavy atom. The summed E-state index contributed by atoms with van der Waals surface area (Å²) in [5, 5.41) is 5.23. The highest BCUT2D eigenvalue weighted by molar-refractivity contribution is 6.34. The van der Waals surface area contributed by atoms with Gasteiger partial charge in [-0.2, -0.15) is 0 Å². The van der Waals surface area contributed by atoms with Gasteiger partial charge in [-0.25, -0.2) is 0 Å². The van der Waals surface area contributed by atoms with Crippen LogP contribution in [0, 0.1) is 0 Å². The molecule has 1 fully saturated rings. The number of rotatable bonds is 1. The van der Waals surface area contributed by atoms with Crippen LogP contribution in [-0.4, -0.2) is 31.2 Å². The van der Waals surface area contributed by atoms with Gasteiger partial charge in [0.25, 0.3) is 0 Å². The van der Waals surface area contributed by atoms with E-state index in [-0.39, 0.29) is 12.4 Å². The fraction of sp³-hybridized carbons (Fsp3) is 0.308. The maximum Gasteiger partial charge on any atom is 0.0829 e. The number of hydrogen-bond donors (Lipinski definition) is 1. The summed E-state index contributed by atoms with van der Waals surface area (Å²) in [5.41, 5.74) is 2.13. The van der Waals surface area contributed by atoms with Crippen LogP contribution < -0.4 is 10.2 Å². The first-order valence-electron chi connectivity index (χ1n) is 5.85. The predicted molar refractivity (Wildman–Crippen MR) is 79.1 cm³/mol. The quantitative estimate of drug-likeness (QED) is 0.872. The van der Waals surface area contributed by atoms with Gasteiger partial charge >= 0.3 is 0 Å². The number of pyridine rings is 1. The Hall–Kier alpha value is -1.03. The van der Waals surface area contributed by atoms with Crippen molar-refractivity contribution in [1.82, 2.24) is 10.3 Å². The number of para-hydroxylation sites is 1. The van der Waals surface area contributed by atoms with Gasteiger partial charge in [0.2, 0.25) is 0 Å². The van der Waals surface area contributed by atoms with E-state index in [0.29, 0.717) is 0 Å². The number of piperazine rings is 1. The molecule has 18 heavy (non-hydrogen) atoms. The minimum absolute atomic E-state index is 0. The molecule has 5 heteroatoms. The molecule has 1 aromatic heterocycles. The Morgan fingerprint density at radius 2 is 1.89 bits per heavy atom. The topological polar surface area (TPSA) is 28.2 Å². The van der Waals surface area contributed by atoms with E-state index in [4.69, 9.17) is 11.6 Å². The van der Waals surface area contributed by atoms with Crippen LogP contribution in [0.1, 0.15) is 0 Å². The highest BCUT2D eigenvalue weighted by Gasteiger charge is 2.16. The molecular formula is C13H15Cl2N3. The molecule has 1 N–H and O–H groups in total. The average molecular weight is 284 g/mol. The molecule has 0 bridgehead atoms. The van der Waals surface area contributed by atoms with Crippen LogP contribution >= 0.6 is 24.0 Å². The lowest BCUT2D eigenvalue weighted by molar-refractivity contribution is 0.590. The number of hydrogen-bond acceptors (Lipinski definition) is 3. The van der Waals surface area contributed by atoms with Crippen molar-refractivity contribution in [3.8, 4) is 0 Å². The summed E-state index contributed by atoms with van der Waals surface area (Å²) in [6.07, 6.45) is 1.75. The lowest BCUT2D eigenvalue weighted by atomic mass is 10.1. The maximum absolute atomic E-state index is 6.31. The third-order valence-electron chi connectivity index (χ3n) is 3.14. The molecule has 1 aliphatic heterocycles. The summed E-state index contributed by atoms with van der Waals surface area (Å²) in [6.45, 7) is 4.00. The van der Waals surface area contributed by atoms with Gasteiger partial charge in [-0.3, -0.25) is 4.98 Å². The first-order valence-corrected chi connectivity index (χ1v) is 6.23. The Bertz CT molecular complexity index is 539. The zero-order valence-electron chi connectivity index (χ0n) is 9.90.